The van der Waals surface area contributed by atoms with Gasteiger partial charge in [0.25, 0.3) is 0 Å². The van der Waals surface area contributed by atoms with Crippen molar-refractivity contribution in [3.8, 4) is 0 Å². The molecule has 0 radical (unpaired) electrons. The fourth-order valence-corrected chi connectivity index (χ4v) is 11.8. The van der Waals surface area contributed by atoms with Crippen molar-refractivity contribution in [2.45, 2.75) is 51.5 Å². The monoisotopic (exact) mass is 509 g/mol. The molecule has 1 nitrogen and oxygen atoms in total. The molecule has 1 aliphatic rings. The number of hydrogen-bond donors (Lipinski definition) is 0. The Morgan fingerprint density at radius 3 is 1.22 bits per heavy atom. The van der Waals surface area contributed by atoms with E-state index in [1.807, 2.05) is 0 Å². The number of rotatable bonds is 9. The molecule has 0 aliphatic heterocycles. The Morgan fingerprint density at radius 2 is 0.889 bits per heavy atom. The first-order valence-electron chi connectivity index (χ1n) is 13.4. The highest BCUT2D eigenvalue weighted by Gasteiger charge is 2.36. The first-order chi connectivity index (χ1) is 17.8. The summed E-state index contributed by atoms with van der Waals surface area (Å²) in [6, 6.07) is 45.6. The van der Waals surface area contributed by atoms with Gasteiger partial charge in [0.15, 0.2) is 0 Å². The maximum Gasteiger partial charge on any atom is 0.0325 e. The minimum Gasteiger partial charge on any atom is -0.242 e. The van der Waals surface area contributed by atoms with E-state index in [9.17, 15) is 0 Å². The molecular formula is C33H37NP2. The van der Waals surface area contributed by atoms with Crippen molar-refractivity contribution >= 4 is 37.4 Å². The highest BCUT2D eigenvalue weighted by molar-refractivity contribution is 7.84. The highest BCUT2D eigenvalue weighted by atomic mass is 31.2. The first-order valence-corrected chi connectivity index (χ1v) is 16.0. The predicted molar refractivity (Wildman–Crippen MR) is 161 cm³/mol. The molecule has 1 saturated carbocycles. The molecule has 4 aromatic carbocycles. The van der Waals surface area contributed by atoms with Gasteiger partial charge in [0.1, 0.15) is 0 Å². The average Bonchev–Trinajstić information content (AvgIpc) is 2.95. The lowest BCUT2D eigenvalue weighted by molar-refractivity contribution is 0.298. The molecular weight excluding hydrogens is 472 g/mol. The summed E-state index contributed by atoms with van der Waals surface area (Å²) >= 11 is 0. The smallest absolute Gasteiger partial charge is 0.0325 e. The fourth-order valence-electron chi connectivity index (χ4n) is 5.53. The van der Waals surface area contributed by atoms with E-state index in [-0.39, 0.29) is 0 Å². The molecule has 1 atom stereocenters. The molecule has 0 spiro atoms. The lowest BCUT2D eigenvalue weighted by Gasteiger charge is -2.44. The van der Waals surface area contributed by atoms with E-state index in [1.54, 1.807) is 0 Å². The van der Waals surface area contributed by atoms with Gasteiger partial charge in [-0.3, -0.25) is 0 Å². The Bertz CT molecular complexity index is 1000. The van der Waals surface area contributed by atoms with Gasteiger partial charge < -0.3 is 0 Å². The summed E-state index contributed by atoms with van der Waals surface area (Å²) in [6.07, 6.45) is 8.27. The van der Waals surface area contributed by atoms with Crippen molar-refractivity contribution < 1.29 is 0 Å². The summed E-state index contributed by atoms with van der Waals surface area (Å²) in [5.41, 5.74) is 0. The Morgan fingerprint density at radius 1 is 0.556 bits per heavy atom. The van der Waals surface area contributed by atoms with Crippen LogP contribution in [0.4, 0.5) is 0 Å². The van der Waals surface area contributed by atoms with Crippen LogP contribution < -0.4 is 21.2 Å². The third kappa shape index (κ3) is 6.15. The largest absolute Gasteiger partial charge is 0.242 e. The van der Waals surface area contributed by atoms with Crippen LogP contribution in [0.2, 0.25) is 0 Å². The van der Waals surface area contributed by atoms with Crippen LogP contribution >= 0.6 is 16.1 Å². The maximum atomic E-state index is 2.95. The predicted octanol–water partition coefficient (Wildman–Crippen LogP) is 7.74. The Balaban J connectivity index is 1.67. The highest BCUT2D eigenvalue weighted by Crippen LogP contribution is 2.56. The molecule has 0 saturated heterocycles. The minimum absolute atomic E-state index is 0.478. The minimum atomic E-state index is -0.705. The molecule has 0 bridgehead atoms. The third-order valence-electron chi connectivity index (χ3n) is 7.21. The Labute approximate surface area is 220 Å². The molecule has 184 valence electrons. The van der Waals surface area contributed by atoms with E-state index in [0.717, 1.165) is 5.92 Å². The molecule has 1 fully saturated rings. The van der Waals surface area contributed by atoms with Crippen molar-refractivity contribution in [2.75, 3.05) is 0 Å². The van der Waals surface area contributed by atoms with E-state index in [4.69, 9.17) is 0 Å². The van der Waals surface area contributed by atoms with E-state index in [2.05, 4.69) is 133 Å². The van der Waals surface area contributed by atoms with E-state index in [0.29, 0.717) is 6.04 Å². The lowest BCUT2D eigenvalue weighted by atomic mass is 9.85. The Kier molecular flexibility index (Phi) is 9.00. The average molecular weight is 510 g/mol. The van der Waals surface area contributed by atoms with Crippen LogP contribution in [0.1, 0.15) is 45.4 Å². The van der Waals surface area contributed by atoms with Crippen LogP contribution in [-0.4, -0.2) is 10.5 Å². The summed E-state index contributed by atoms with van der Waals surface area (Å²) in [7, 11) is -1.41. The summed E-state index contributed by atoms with van der Waals surface area (Å²) in [4.78, 5) is 0. The molecule has 3 heteroatoms. The van der Waals surface area contributed by atoms with E-state index >= 15 is 0 Å². The van der Waals surface area contributed by atoms with Gasteiger partial charge in [0.05, 0.1) is 0 Å². The number of hydrogen-bond acceptors (Lipinski definition) is 1. The van der Waals surface area contributed by atoms with Gasteiger partial charge in [0.2, 0.25) is 0 Å². The van der Waals surface area contributed by atoms with Crippen LogP contribution in [0.15, 0.2) is 121 Å². The Hall–Kier alpha value is -2.30. The van der Waals surface area contributed by atoms with Crippen molar-refractivity contribution in [1.29, 1.82) is 0 Å². The zero-order chi connectivity index (χ0) is 24.6. The van der Waals surface area contributed by atoms with Gasteiger partial charge in [-0.1, -0.05) is 153 Å². The van der Waals surface area contributed by atoms with Gasteiger partial charge in [-0.05, 0) is 40.5 Å². The second-order valence-corrected chi connectivity index (χ2v) is 14.4. The third-order valence-corrected chi connectivity index (χ3v) is 13.0. The summed E-state index contributed by atoms with van der Waals surface area (Å²) in [5.74, 6) is 0.836. The molecule has 0 N–H and O–H groups in total. The molecule has 5 rings (SSSR count). The normalized spacial score (nSPS) is 15.4. The zero-order valence-corrected chi connectivity index (χ0v) is 23.1. The second-order valence-electron chi connectivity index (χ2n) is 9.87. The van der Waals surface area contributed by atoms with Crippen molar-refractivity contribution in [3.05, 3.63) is 121 Å². The van der Waals surface area contributed by atoms with Crippen LogP contribution in [-0.2, 0) is 0 Å². The molecule has 0 heterocycles. The molecule has 36 heavy (non-hydrogen) atoms. The molecule has 1 unspecified atom stereocenters. The van der Waals surface area contributed by atoms with Gasteiger partial charge in [-0.2, -0.15) is 0 Å². The summed E-state index contributed by atoms with van der Waals surface area (Å²) in [6.45, 7) is 2.51. The topological polar surface area (TPSA) is 3.24 Å². The molecule has 0 amide bonds. The zero-order valence-electron chi connectivity index (χ0n) is 21.3. The second kappa shape index (κ2) is 12.8. The van der Waals surface area contributed by atoms with Crippen molar-refractivity contribution in [3.63, 3.8) is 0 Å². The van der Waals surface area contributed by atoms with Gasteiger partial charge >= 0.3 is 0 Å². The van der Waals surface area contributed by atoms with Crippen molar-refractivity contribution in [1.82, 2.24) is 4.44 Å². The van der Waals surface area contributed by atoms with Gasteiger partial charge in [0, 0.05) is 22.2 Å². The summed E-state index contributed by atoms with van der Waals surface area (Å²) < 4.78 is 2.95. The number of nitrogens with zero attached hydrogens (tertiary/aromatic N) is 1. The van der Waals surface area contributed by atoms with Gasteiger partial charge in [-0.15, -0.1) is 0 Å². The molecule has 0 aromatic heterocycles. The quantitative estimate of drug-likeness (QED) is 0.209. The first kappa shape index (κ1) is 25.4. The molecule has 1 aliphatic carbocycles. The lowest BCUT2D eigenvalue weighted by Crippen LogP contribution is -2.38. The SMILES string of the molecule is CC(CC1CCCCC1)N(P(c1ccccc1)c1ccccc1)P(c1ccccc1)c1ccccc1. The van der Waals surface area contributed by atoms with Crippen molar-refractivity contribution in [2.24, 2.45) is 5.92 Å². The van der Waals surface area contributed by atoms with Crippen LogP contribution in [0.5, 0.6) is 0 Å². The van der Waals surface area contributed by atoms with Gasteiger partial charge in [-0.25, -0.2) is 4.44 Å². The van der Waals surface area contributed by atoms with E-state index in [1.165, 1.54) is 59.7 Å². The van der Waals surface area contributed by atoms with Crippen LogP contribution in [0.25, 0.3) is 0 Å². The summed E-state index contributed by atoms with van der Waals surface area (Å²) in [5, 5.41) is 5.75. The maximum absolute atomic E-state index is 2.95. The van der Waals surface area contributed by atoms with E-state index < -0.39 is 16.1 Å². The molecule has 4 aromatic rings. The standard InChI is InChI=1S/C33H37NP2/c1-28(27-29-17-7-2-8-18-29)34(35(30-19-9-3-10-20-30)31-21-11-4-12-22-31)36(32-23-13-5-14-24-32)33-25-15-6-16-26-33/h3-6,9-16,19-26,28-29H,2,7-8,17-18,27H2,1H3. The number of benzene rings is 4. The van der Waals surface area contributed by atoms with Crippen LogP contribution in [0.3, 0.4) is 0 Å². The van der Waals surface area contributed by atoms with Crippen LogP contribution in [0, 0.1) is 5.92 Å². The fraction of sp³-hybridized carbons (Fsp3) is 0.273.